The van der Waals surface area contributed by atoms with Crippen LogP contribution in [0, 0.1) is 6.92 Å². The zero-order valence-corrected chi connectivity index (χ0v) is 14.2. The van der Waals surface area contributed by atoms with Crippen molar-refractivity contribution in [3.63, 3.8) is 0 Å². The van der Waals surface area contributed by atoms with Crippen LogP contribution in [0.15, 0.2) is 48.4 Å². The molecule has 6 nitrogen and oxygen atoms in total. The molecular weight excluding hydrogens is 320 g/mol. The summed E-state index contributed by atoms with van der Waals surface area (Å²) >= 11 is 1.63. The second-order valence-electron chi connectivity index (χ2n) is 5.58. The van der Waals surface area contributed by atoms with Gasteiger partial charge in [-0.25, -0.2) is 15.0 Å². The fourth-order valence-electron chi connectivity index (χ4n) is 2.52. The van der Waals surface area contributed by atoms with Crippen LogP contribution >= 0.6 is 11.3 Å². The highest BCUT2D eigenvalue weighted by atomic mass is 32.1. The Morgan fingerprint density at radius 3 is 2.96 bits per heavy atom. The van der Waals surface area contributed by atoms with E-state index in [0.29, 0.717) is 5.82 Å². The van der Waals surface area contributed by atoms with Crippen LogP contribution in [0.2, 0.25) is 0 Å². The molecule has 24 heavy (non-hydrogen) atoms. The second-order valence-corrected chi connectivity index (χ2v) is 6.46. The minimum atomic E-state index is 0.0492. The number of rotatable bonds is 4. The van der Waals surface area contributed by atoms with Gasteiger partial charge in [0.2, 0.25) is 0 Å². The lowest BCUT2D eigenvalue weighted by Crippen LogP contribution is -2.09. The van der Waals surface area contributed by atoms with Crippen LogP contribution in [-0.2, 0) is 0 Å². The van der Waals surface area contributed by atoms with E-state index in [9.17, 15) is 0 Å². The Labute approximate surface area is 143 Å². The first-order valence-electron chi connectivity index (χ1n) is 7.64. The Kier molecular flexibility index (Phi) is 3.70. The highest BCUT2D eigenvalue weighted by molar-refractivity contribution is 7.15. The molecule has 1 atom stereocenters. The fourth-order valence-corrected chi connectivity index (χ4v) is 3.22. The van der Waals surface area contributed by atoms with Gasteiger partial charge in [0.15, 0.2) is 10.8 Å². The smallest absolute Gasteiger partial charge is 0.193 e. The minimum absolute atomic E-state index is 0.0492. The van der Waals surface area contributed by atoms with Gasteiger partial charge in [0.1, 0.15) is 5.82 Å². The highest BCUT2D eigenvalue weighted by Crippen LogP contribution is 2.22. The lowest BCUT2D eigenvalue weighted by atomic mass is 10.2. The molecule has 0 amide bonds. The molecule has 0 aliphatic rings. The molecule has 0 unspecified atom stereocenters. The maximum absolute atomic E-state index is 4.64. The van der Waals surface area contributed by atoms with E-state index in [2.05, 4.69) is 32.2 Å². The van der Waals surface area contributed by atoms with Crippen molar-refractivity contribution in [2.75, 3.05) is 5.32 Å². The average molecular weight is 336 g/mol. The molecule has 4 heterocycles. The SMILES string of the molecule is Cc1cc(N[C@@H](C)c2cn3ccsc3n2)nc(-c2cccnc2)n1. The van der Waals surface area contributed by atoms with Crippen LogP contribution in [0.1, 0.15) is 24.4 Å². The lowest BCUT2D eigenvalue weighted by molar-refractivity contribution is 0.840. The van der Waals surface area contributed by atoms with Gasteiger partial charge in [0.05, 0.1) is 11.7 Å². The van der Waals surface area contributed by atoms with Crippen molar-refractivity contribution in [3.8, 4) is 11.4 Å². The summed E-state index contributed by atoms with van der Waals surface area (Å²) in [6.45, 7) is 4.04. The Bertz CT molecular complexity index is 947. The number of nitrogens with one attached hydrogen (secondary N) is 1. The molecule has 0 fully saturated rings. The zero-order chi connectivity index (χ0) is 16.5. The molecular formula is C17H16N6S. The van der Waals surface area contributed by atoms with Gasteiger partial charge in [-0.15, -0.1) is 11.3 Å². The number of thiazole rings is 1. The summed E-state index contributed by atoms with van der Waals surface area (Å²) in [5.41, 5.74) is 2.80. The summed E-state index contributed by atoms with van der Waals surface area (Å²) in [7, 11) is 0. The first kappa shape index (κ1) is 14.8. The Balaban J connectivity index is 1.62. The number of hydrogen-bond acceptors (Lipinski definition) is 6. The van der Waals surface area contributed by atoms with Gasteiger partial charge < -0.3 is 5.32 Å². The minimum Gasteiger partial charge on any atom is -0.362 e. The molecule has 4 aromatic heterocycles. The van der Waals surface area contributed by atoms with E-state index in [-0.39, 0.29) is 6.04 Å². The van der Waals surface area contributed by atoms with E-state index < -0.39 is 0 Å². The largest absolute Gasteiger partial charge is 0.362 e. The van der Waals surface area contributed by atoms with Crippen molar-refractivity contribution < 1.29 is 0 Å². The highest BCUT2D eigenvalue weighted by Gasteiger charge is 2.13. The van der Waals surface area contributed by atoms with Crippen molar-refractivity contribution >= 4 is 22.1 Å². The van der Waals surface area contributed by atoms with Crippen LogP contribution in [0.25, 0.3) is 16.3 Å². The fraction of sp³-hybridized carbons (Fsp3) is 0.176. The van der Waals surface area contributed by atoms with Crippen molar-refractivity contribution in [1.29, 1.82) is 0 Å². The van der Waals surface area contributed by atoms with Crippen molar-refractivity contribution in [1.82, 2.24) is 24.3 Å². The van der Waals surface area contributed by atoms with Gasteiger partial charge >= 0.3 is 0 Å². The van der Waals surface area contributed by atoms with E-state index in [1.807, 2.05) is 47.3 Å². The van der Waals surface area contributed by atoms with Crippen molar-refractivity contribution in [2.45, 2.75) is 19.9 Å². The first-order valence-corrected chi connectivity index (χ1v) is 8.52. The molecule has 1 N–H and O–H groups in total. The topological polar surface area (TPSA) is 68.0 Å². The maximum Gasteiger partial charge on any atom is 0.193 e. The van der Waals surface area contributed by atoms with Gasteiger partial charge in [-0.1, -0.05) is 0 Å². The number of hydrogen-bond donors (Lipinski definition) is 1. The van der Waals surface area contributed by atoms with E-state index in [0.717, 1.165) is 27.7 Å². The number of aryl methyl sites for hydroxylation is 1. The monoisotopic (exact) mass is 336 g/mol. The van der Waals surface area contributed by atoms with E-state index >= 15 is 0 Å². The van der Waals surface area contributed by atoms with Crippen LogP contribution in [-0.4, -0.2) is 24.3 Å². The summed E-state index contributed by atoms with van der Waals surface area (Å²) in [5.74, 6) is 1.45. The molecule has 4 aromatic rings. The molecule has 4 rings (SSSR count). The molecule has 0 saturated carbocycles. The zero-order valence-electron chi connectivity index (χ0n) is 13.3. The second kappa shape index (κ2) is 6.01. The molecule has 0 radical (unpaired) electrons. The third kappa shape index (κ3) is 2.85. The van der Waals surface area contributed by atoms with Crippen molar-refractivity contribution in [3.05, 3.63) is 59.8 Å². The van der Waals surface area contributed by atoms with E-state index in [4.69, 9.17) is 0 Å². The number of aromatic nitrogens is 5. The van der Waals surface area contributed by atoms with Gasteiger partial charge in [-0.05, 0) is 26.0 Å². The Hall–Kier alpha value is -2.80. The summed E-state index contributed by atoms with van der Waals surface area (Å²) in [6, 6.07) is 5.83. The molecule has 0 aliphatic carbocycles. The van der Waals surface area contributed by atoms with Crippen LogP contribution in [0.5, 0.6) is 0 Å². The molecule has 0 saturated heterocycles. The third-order valence-electron chi connectivity index (χ3n) is 3.69. The predicted octanol–water partition coefficient (Wildman–Crippen LogP) is 3.73. The Morgan fingerprint density at radius 1 is 1.25 bits per heavy atom. The molecule has 0 aromatic carbocycles. The first-order chi connectivity index (χ1) is 11.7. The third-order valence-corrected chi connectivity index (χ3v) is 4.46. The van der Waals surface area contributed by atoms with E-state index in [1.54, 1.807) is 23.7 Å². The average Bonchev–Trinajstić information content (AvgIpc) is 3.17. The maximum atomic E-state index is 4.64. The molecule has 7 heteroatoms. The number of fused-ring (bicyclic) bond motifs is 1. The van der Waals surface area contributed by atoms with Crippen molar-refractivity contribution in [2.24, 2.45) is 0 Å². The number of anilines is 1. The summed E-state index contributed by atoms with van der Waals surface area (Å²) in [6.07, 6.45) is 7.56. The standard InChI is InChI=1S/C17H16N6S/c1-11-8-15(22-16(19-11)13-4-3-5-18-9-13)20-12(2)14-10-23-6-7-24-17(23)21-14/h3-10,12H,1-2H3,(H,19,20,22)/t12-/m0/s1. The number of pyridine rings is 1. The molecule has 0 spiro atoms. The van der Waals surface area contributed by atoms with Crippen LogP contribution < -0.4 is 5.32 Å². The molecule has 0 bridgehead atoms. The van der Waals surface area contributed by atoms with Gasteiger partial charge in [-0.3, -0.25) is 9.38 Å². The number of nitrogens with zero attached hydrogens (tertiary/aromatic N) is 5. The molecule has 0 aliphatic heterocycles. The normalized spacial score (nSPS) is 12.4. The van der Waals surface area contributed by atoms with Crippen LogP contribution in [0.4, 0.5) is 5.82 Å². The van der Waals surface area contributed by atoms with Gasteiger partial charge in [0, 0.05) is 47.5 Å². The van der Waals surface area contributed by atoms with E-state index in [1.165, 1.54) is 0 Å². The Morgan fingerprint density at radius 2 is 2.17 bits per heavy atom. The lowest BCUT2D eigenvalue weighted by Gasteiger charge is -2.13. The van der Waals surface area contributed by atoms with Gasteiger partial charge in [0.25, 0.3) is 0 Å². The summed E-state index contributed by atoms with van der Waals surface area (Å²) in [5, 5.41) is 5.44. The van der Waals surface area contributed by atoms with Gasteiger partial charge in [-0.2, -0.15) is 0 Å². The summed E-state index contributed by atoms with van der Waals surface area (Å²) in [4.78, 5) is 18.9. The predicted molar refractivity (Wildman–Crippen MR) is 95.1 cm³/mol. The molecule has 120 valence electrons. The summed E-state index contributed by atoms with van der Waals surface area (Å²) < 4.78 is 2.03. The van der Waals surface area contributed by atoms with Crippen LogP contribution in [0.3, 0.4) is 0 Å². The quantitative estimate of drug-likeness (QED) is 0.615. The number of imidazole rings is 1.